The molecule has 0 radical (unpaired) electrons. The van der Waals surface area contributed by atoms with Crippen molar-refractivity contribution >= 4 is 11.6 Å². The Hall–Kier alpha value is -0.690. The van der Waals surface area contributed by atoms with Crippen LogP contribution in [-0.4, -0.2) is 11.0 Å². The van der Waals surface area contributed by atoms with Gasteiger partial charge in [0.2, 0.25) is 0 Å². The number of benzene rings is 1. The summed E-state index contributed by atoms with van der Waals surface area (Å²) in [6.45, 7) is 8.23. The second-order valence-electron chi connectivity index (χ2n) is 4.92. The van der Waals surface area contributed by atoms with Gasteiger partial charge in [-0.15, -0.1) is 11.6 Å². The minimum absolute atomic E-state index is 0.184. The van der Waals surface area contributed by atoms with Crippen molar-refractivity contribution in [2.24, 2.45) is 0 Å². The van der Waals surface area contributed by atoms with Crippen molar-refractivity contribution in [3.63, 3.8) is 0 Å². The van der Waals surface area contributed by atoms with E-state index in [2.05, 4.69) is 13.8 Å². The second-order valence-corrected chi connectivity index (χ2v) is 5.18. The molecule has 0 saturated heterocycles. The van der Waals surface area contributed by atoms with Gasteiger partial charge in [-0.3, -0.25) is 0 Å². The molecule has 1 rings (SSSR count). The van der Waals surface area contributed by atoms with Gasteiger partial charge in [-0.05, 0) is 11.5 Å². The number of phenols is 1. The van der Waals surface area contributed by atoms with Crippen LogP contribution in [0.2, 0.25) is 0 Å². The SMILES string of the molecule is CC(C)c1cccc(C(C)(C)CCl)c1O. The average Bonchev–Trinajstić information content (AvgIpc) is 2.17. The molecule has 2 heteroatoms. The van der Waals surface area contributed by atoms with Crippen molar-refractivity contribution in [2.75, 3.05) is 5.88 Å². The van der Waals surface area contributed by atoms with Gasteiger partial charge in [-0.25, -0.2) is 0 Å². The molecule has 1 aromatic carbocycles. The molecule has 15 heavy (non-hydrogen) atoms. The third kappa shape index (κ3) is 2.46. The summed E-state index contributed by atoms with van der Waals surface area (Å²) in [6.07, 6.45) is 0. The fourth-order valence-electron chi connectivity index (χ4n) is 1.65. The number of rotatable bonds is 3. The van der Waals surface area contributed by atoms with Crippen LogP contribution in [0.4, 0.5) is 0 Å². The monoisotopic (exact) mass is 226 g/mol. The molecule has 0 atom stereocenters. The molecule has 0 aromatic heterocycles. The van der Waals surface area contributed by atoms with E-state index in [0.717, 1.165) is 11.1 Å². The van der Waals surface area contributed by atoms with Crippen molar-refractivity contribution in [3.05, 3.63) is 29.3 Å². The van der Waals surface area contributed by atoms with Crippen molar-refractivity contribution in [3.8, 4) is 5.75 Å². The molecule has 0 bridgehead atoms. The average molecular weight is 227 g/mol. The Bertz CT molecular complexity index is 342. The third-order valence-corrected chi connectivity index (χ3v) is 3.42. The third-order valence-electron chi connectivity index (χ3n) is 2.75. The molecule has 0 spiro atoms. The Kier molecular flexibility index (Phi) is 3.67. The summed E-state index contributed by atoms with van der Waals surface area (Å²) in [7, 11) is 0. The zero-order valence-corrected chi connectivity index (χ0v) is 10.6. The first-order chi connectivity index (χ1) is 6.90. The normalized spacial score (nSPS) is 12.1. The van der Waals surface area contributed by atoms with Crippen LogP contribution in [0.25, 0.3) is 0 Å². The maximum atomic E-state index is 10.2. The highest BCUT2D eigenvalue weighted by Crippen LogP contribution is 2.36. The van der Waals surface area contributed by atoms with Crippen LogP contribution >= 0.6 is 11.6 Å². The molecule has 0 aliphatic rings. The first-order valence-electron chi connectivity index (χ1n) is 5.28. The lowest BCUT2D eigenvalue weighted by atomic mass is 9.83. The highest BCUT2D eigenvalue weighted by Gasteiger charge is 2.24. The summed E-state index contributed by atoms with van der Waals surface area (Å²) < 4.78 is 0. The van der Waals surface area contributed by atoms with E-state index in [1.807, 2.05) is 32.0 Å². The van der Waals surface area contributed by atoms with Crippen LogP contribution in [0.5, 0.6) is 5.75 Å². The van der Waals surface area contributed by atoms with E-state index in [9.17, 15) is 5.11 Å². The van der Waals surface area contributed by atoms with Gasteiger partial charge in [0.05, 0.1) is 0 Å². The molecule has 1 nitrogen and oxygen atoms in total. The molecule has 0 aliphatic heterocycles. The number of aromatic hydroxyl groups is 1. The van der Waals surface area contributed by atoms with E-state index in [0.29, 0.717) is 17.5 Å². The van der Waals surface area contributed by atoms with Crippen LogP contribution in [0.3, 0.4) is 0 Å². The summed E-state index contributed by atoms with van der Waals surface area (Å²) in [6, 6.07) is 5.90. The van der Waals surface area contributed by atoms with Crippen LogP contribution in [0, 0.1) is 0 Å². The molecule has 0 amide bonds. The fourth-order valence-corrected chi connectivity index (χ4v) is 1.79. The van der Waals surface area contributed by atoms with Gasteiger partial charge in [0.15, 0.2) is 0 Å². The zero-order chi connectivity index (χ0) is 11.6. The number of alkyl halides is 1. The summed E-state index contributed by atoms with van der Waals surface area (Å²) in [5.41, 5.74) is 1.74. The van der Waals surface area contributed by atoms with E-state index >= 15 is 0 Å². The van der Waals surface area contributed by atoms with Crippen molar-refractivity contribution < 1.29 is 5.11 Å². The smallest absolute Gasteiger partial charge is 0.122 e. The number of hydrogen-bond acceptors (Lipinski definition) is 1. The van der Waals surface area contributed by atoms with Gasteiger partial charge >= 0.3 is 0 Å². The Morgan fingerprint density at radius 2 is 1.93 bits per heavy atom. The number of hydrogen-bond donors (Lipinski definition) is 1. The van der Waals surface area contributed by atoms with Gasteiger partial charge in [-0.1, -0.05) is 45.9 Å². The first-order valence-corrected chi connectivity index (χ1v) is 5.82. The molecular formula is C13H19ClO. The fraction of sp³-hybridized carbons (Fsp3) is 0.538. The minimum atomic E-state index is -0.184. The molecule has 1 N–H and O–H groups in total. The van der Waals surface area contributed by atoms with Crippen LogP contribution < -0.4 is 0 Å². The van der Waals surface area contributed by atoms with Gasteiger partial charge in [0.1, 0.15) is 5.75 Å². The highest BCUT2D eigenvalue weighted by molar-refractivity contribution is 6.18. The molecular weight excluding hydrogens is 208 g/mol. The summed E-state index contributed by atoms with van der Waals surface area (Å²) in [4.78, 5) is 0. The minimum Gasteiger partial charge on any atom is -0.507 e. The lowest BCUT2D eigenvalue weighted by molar-refractivity contribution is 0.438. The first kappa shape index (κ1) is 12.4. The van der Waals surface area contributed by atoms with Crippen molar-refractivity contribution in [1.82, 2.24) is 0 Å². The van der Waals surface area contributed by atoms with Crippen molar-refractivity contribution in [1.29, 1.82) is 0 Å². The van der Waals surface area contributed by atoms with Gasteiger partial charge in [0, 0.05) is 16.9 Å². The molecule has 0 saturated carbocycles. The van der Waals surface area contributed by atoms with Gasteiger partial charge in [-0.2, -0.15) is 0 Å². The standard InChI is InChI=1S/C13H19ClO/c1-9(2)10-6-5-7-11(12(10)15)13(3,4)8-14/h5-7,9,15H,8H2,1-4H3. The van der Waals surface area contributed by atoms with E-state index in [4.69, 9.17) is 11.6 Å². The number of halogens is 1. The molecule has 0 heterocycles. The predicted octanol–water partition coefficient (Wildman–Crippen LogP) is 4.03. The van der Waals surface area contributed by atoms with Crippen LogP contribution in [0.15, 0.2) is 18.2 Å². The maximum absolute atomic E-state index is 10.2. The molecule has 0 aliphatic carbocycles. The van der Waals surface area contributed by atoms with Crippen LogP contribution in [-0.2, 0) is 5.41 Å². The lowest BCUT2D eigenvalue weighted by Gasteiger charge is -2.25. The summed E-state index contributed by atoms with van der Waals surface area (Å²) in [5.74, 6) is 1.23. The number of para-hydroxylation sites is 1. The second kappa shape index (κ2) is 4.44. The largest absolute Gasteiger partial charge is 0.507 e. The Labute approximate surface area is 97.1 Å². The molecule has 1 aromatic rings. The van der Waals surface area contributed by atoms with E-state index in [1.54, 1.807) is 0 Å². The molecule has 84 valence electrons. The predicted molar refractivity (Wildman–Crippen MR) is 65.9 cm³/mol. The summed E-state index contributed by atoms with van der Waals surface area (Å²) >= 11 is 5.92. The maximum Gasteiger partial charge on any atom is 0.122 e. The number of phenolic OH excluding ortho intramolecular Hbond substituents is 1. The summed E-state index contributed by atoms with van der Waals surface area (Å²) in [5, 5.41) is 10.2. The van der Waals surface area contributed by atoms with Crippen LogP contribution in [0.1, 0.15) is 44.7 Å². The van der Waals surface area contributed by atoms with E-state index < -0.39 is 0 Å². The van der Waals surface area contributed by atoms with Crippen molar-refractivity contribution in [2.45, 2.75) is 39.0 Å². The van der Waals surface area contributed by atoms with E-state index in [1.165, 1.54) is 0 Å². The highest BCUT2D eigenvalue weighted by atomic mass is 35.5. The zero-order valence-electron chi connectivity index (χ0n) is 9.84. The molecule has 0 unspecified atom stereocenters. The Morgan fingerprint density at radius 3 is 2.40 bits per heavy atom. The van der Waals surface area contributed by atoms with Gasteiger partial charge < -0.3 is 5.11 Å². The topological polar surface area (TPSA) is 20.2 Å². The quantitative estimate of drug-likeness (QED) is 0.772. The van der Waals surface area contributed by atoms with Gasteiger partial charge in [0.25, 0.3) is 0 Å². The lowest BCUT2D eigenvalue weighted by Crippen LogP contribution is -2.19. The Balaban J connectivity index is 3.27. The van der Waals surface area contributed by atoms with E-state index in [-0.39, 0.29) is 5.41 Å². The Morgan fingerprint density at radius 1 is 1.33 bits per heavy atom. The molecule has 0 fully saturated rings.